The van der Waals surface area contributed by atoms with Crippen LogP contribution in [-0.4, -0.2) is 23.7 Å². The number of fused-ring (bicyclic) bond motifs is 2. The third-order valence-corrected chi connectivity index (χ3v) is 7.18. The Labute approximate surface area is 178 Å². The highest BCUT2D eigenvalue weighted by Gasteiger charge is 2.41. The van der Waals surface area contributed by atoms with Gasteiger partial charge in [0.1, 0.15) is 6.07 Å². The molecule has 1 N–H and O–H groups in total. The van der Waals surface area contributed by atoms with Gasteiger partial charge in [-0.3, -0.25) is 4.98 Å². The first-order chi connectivity index (χ1) is 14.8. The molecular weight excluding hydrogens is 370 g/mol. The summed E-state index contributed by atoms with van der Waals surface area (Å²) in [5.74, 6) is 0. The van der Waals surface area contributed by atoms with Crippen LogP contribution in [0.5, 0.6) is 0 Å². The molecule has 0 unspecified atom stereocenters. The summed E-state index contributed by atoms with van der Waals surface area (Å²) in [5, 5.41) is 11.6. The average molecular weight is 400 g/mol. The zero-order chi connectivity index (χ0) is 20.6. The Balaban J connectivity index is 1.85. The number of pyridine rings is 1. The summed E-state index contributed by atoms with van der Waals surface area (Å²) in [5.41, 5.74) is 7.56. The number of benzene rings is 1. The van der Waals surface area contributed by atoms with Crippen LogP contribution >= 0.6 is 0 Å². The first kappa shape index (κ1) is 19.3. The van der Waals surface area contributed by atoms with Gasteiger partial charge in [0.2, 0.25) is 0 Å². The molecule has 0 atom stereocenters. The predicted molar refractivity (Wildman–Crippen MR) is 120 cm³/mol. The molecule has 0 amide bonds. The van der Waals surface area contributed by atoms with Crippen molar-refractivity contribution in [1.82, 2.24) is 9.97 Å². The summed E-state index contributed by atoms with van der Waals surface area (Å²) >= 11 is 0. The molecule has 1 saturated carbocycles. The summed E-state index contributed by atoms with van der Waals surface area (Å²) in [7, 11) is 1.77. The molecule has 1 aromatic carbocycles. The lowest BCUT2D eigenvalue weighted by Crippen LogP contribution is -2.31. The molecular formula is C26H29N3O. The Kier molecular flexibility index (Phi) is 5.08. The van der Waals surface area contributed by atoms with E-state index in [1.165, 1.54) is 42.3 Å². The fourth-order valence-electron chi connectivity index (χ4n) is 5.79. The van der Waals surface area contributed by atoms with Gasteiger partial charge in [0, 0.05) is 40.9 Å². The normalized spacial score (nSPS) is 18.1. The van der Waals surface area contributed by atoms with Gasteiger partial charge < -0.3 is 9.72 Å². The van der Waals surface area contributed by atoms with E-state index in [0.717, 1.165) is 60.0 Å². The molecule has 0 bridgehead atoms. The molecule has 0 radical (unpaired) electrons. The predicted octanol–water partition coefficient (Wildman–Crippen LogP) is 5.83. The van der Waals surface area contributed by atoms with Crippen LogP contribution in [-0.2, 0) is 23.0 Å². The standard InChI is InChI=1S/C26H29N3O/c1-30-17-26(13-5-6-14-26)25-21(16-27)24(20-8-3-2-4-10-23(20)29-25)19-9-7-11-22-18(19)12-15-28-22/h7,9,11-12,15,28H,2-6,8,10,13-14,17H2,1H3. The van der Waals surface area contributed by atoms with E-state index in [2.05, 4.69) is 35.3 Å². The second-order valence-electron chi connectivity index (χ2n) is 8.97. The Hall–Kier alpha value is -2.64. The maximum absolute atomic E-state index is 10.5. The molecule has 154 valence electrons. The van der Waals surface area contributed by atoms with Gasteiger partial charge in [0.25, 0.3) is 0 Å². The smallest absolute Gasteiger partial charge is 0.102 e. The number of aromatic amines is 1. The number of aromatic nitrogens is 2. The molecule has 5 rings (SSSR count). The minimum Gasteiger partial charge on any atom is -0.384 e. The number of aryl methyl sites for hydroxylation is 1. The van der Waals surface area contributed by atoms with E-state index >= 15 is 0 Å². The average Bonchev–Trinajstić information content (AvgIpc) is 3.38. The van der Waals surface area contributed by atoms with Crippen LogP contribution in [0.1, 0.15) is 67.5 Å². The molecule has 2 aromatic heterocycles. The molecule has 0 aliphatic heterocycles. The summed E-state index contributed by atoms with van der Waals surface area (Å²) in [4.78, 5) is 8.60. The van der Waals surface area contributed by atoms with E-state index in [1.54, 1.807) is 7.11 Å². The molecule has 4 heteroatoms. The number of rotatable bonds is 4. The zero-order valence-electron chi connectivity index (χ0n) is 17.8. The number of hydrogen-bond donors (Lipinski definition) is 1. The Bertz CT molecular complexity index is 1120. The molecule has 0 saturated heterocycles. The fourth-order valence-corrected chi connectivity index (χ4v) is 5.79. The molecule has 30 heavy (non-hydrogen) atoms. The lowest BCUT2D eigenvalue weighted by molar-refractivity contribution is 0.129. The SMILES string of the molecule is COCC1(c2nc3c(c(-c4cccc5[nH]ccc45)c2C#N)CCCCC3)CCCC1. The highest BCUT2D eigenvalue weighted by molar-refractivity contribution is 5.97. The van der Waals surface area contributed by atoms with Crippen LogP contribution in [0, 0.1) is 11.3 Å². The fraction of sp³-hybridized carbons (Fsp3) is 0.462. The zero-order valence-corrected chi connectivity index (χ0v) is 17.8. The number of nitriles is 1. The lowest BCUT2D eigenvalue weighted by atomic mass is 9.77. The van der Waals surface area contributed by atoms with Crippen molar-refractivity contribution in [2.75, 3.05) is 13.7 Å². The van der Waals surface area contributed by atoms with E-state index in [4.69, 9.17) is 9.72 Å². The van der Waals surface area contributed by atoms with Gasteiger partial charge in [0.05, 0.1) is 17.9 Å². The summed E-state index contributed by atoms with van der Waals surface area (Å²) in [6.45, 7) is 0.640. The van der Waals surface area contributed by atoms with Crippen molar-refractivity contribution in [3.05, 3.63) is 53.0 Å². The molecule has 2 heterocycles. The van der Waals surface area contributed by atoms with Gasteiger partial charge in [-0.15, -0.1) is 0 Å². The number of nitrogens with zero attached hydrogens (tertiary/aromatic N) is 2. The van der Waals surface area contributed by atoms with Gasteiger partial charge in [-0.05, 0) is 61.8 Å². The maximum Gasteiger partial charge on any atom is 0.102 e. The van der Waals surface area contributed by atoms with Crippen molar-refractivity contribution in [2.24, 2.45) is 0 Å². The van der Waals surface area contributed by atoms with E-state index < -0.39 is 0 Å². The second-order valence-corrected chi connectivity index (χ2v) is 8.97. The van der Waals surface area contributed by atoms with Crippen molar-refractivity contribution in [2.45, 2.75) is 63.2 Å². The monoisotopic (exact) mass is 399 g/mol. The van der Waals surface area contributed by atoms with Crippen LogP contribution in [0.2, 0.25) is 0 Å². The number of methoxy groups -OCH3 is 1. The Morgan fingerprint density at radius 2 is 1.93 bits per heavy atom. The van der Waals surface area contributed by atoms with Gasteiger partial charge in [0.15, 0.2) is 0 Å². The van der Waals surface area contributed by atoms with Gasteiger partial charge in [-0.2, -0.15) is 5.26 Å². The largest absolute Gasteiger partial charge is 0.384 e. The number of nitrogens with one attached hydrogen (secondary N) is 1. The van der Waals surface area contributed by atoms with Crippen molar-refractivity contribution in [3.63, 3.8) is 0 Å². The van der Waals surface area contributed by atoms with Crippen LogP contribution in [0.3, 0.4) is 0 Å². The molecule has 2 aliphatic rings. The molecule has 2 aliphatic carbocycles. The van der Waals surface area contributed by atoms with Crippen molar-refractivity contribution in [1.29, 1.82) is 5.26 Å². The minimum absolute atomic E-state index is 0.137. The third-order valence-electron chi connectivity index (χ3n) is 7.18. The van der Waals surface area contributed by atoms with Gasteiger partial charge in [-0.25, -0.2) is 0 Å². The van der Waals surface area contributed by atoms with Gasteiger partial charge >= 0.3 is 0 Å². The van der Waals surface area contributed by atoms with E-state index in [0.29, 0.717) is 6.61 Å². The highest BCUT2D eigenvalue weighted by Crippen LogP contribution is 2.46. The Morgan fingerprint density at radius 1 is 1.10 bits per heavy atom. The highest BCUT2D eigenvalue weighted by atomic mass is 16.5. The van der Waals surface area contributed by atoms with Crippen molar-refractivity contribution in [3.8, 4) is 17.2 Å². The quantitative estimate of drug-likeness (QED) is 0.562. The first-order valence-corrected chi connectivity index (χ1v) is 11.3. The summed E-state index contributed by atoms with van der Waals surface area (Å²) in [6, 6.07) is 11.1. The number of ether oxygens (including phenoxy) is 1. The summed E-state index contributed by atoms with van der Waals surface area (Å²) < 4.78 is 5.70. The van der Waals surface area contributed by atoms with E-state index in [9.17, 15) is 5.26 Å². The second kappa shape index (κ2) is 7.89. The van der Waals surface area contributed by atoms with E-state index in [-0.39, 0.29) is 5.41 Å². The van der Waals surface area contributed by atoms with Crippen LogP contribution in [0.15, 0.2) is 30.5 Å². The Morgan fingerprint density at radius 3 is 2.73 bits per heavy atom. The third kappa shape index (κ3) is 3.04. The van der Waals surface area contributed by atoms with Gasteiger partial charge in [-0.1, -0.05) is 31.4 Å². The number of hydrogen-bond acceptors (Lipinski definition) is 3. The minimum atomic E-state index is -0.137. The molecule has 3 aromatic rings. The van der Waals surface area contributed by atoms with Crippen LogP contribution in [0.4, 0.5) is 0 Å². The molecule has 1 fully saturated rings. The number of H-pyrrole nitrogens is 1. The van der Waals surface area contributed by atoms with Crippen LogP contribution in [0.25, 0.3) is 22.0 Å². The summed E-state index contributed by atoms with van der Waals surface area (Å²) in [6.07, 6.45) is 12.0. The topological polar surface area (TPSA) is 61.7 Å². The lowest BCUT2D eigenvalue weighted by Gasteiger charge is -2.31. The molecule has 0 spiro atoms. The van der Waals surface area contributed by atoms with Crippen molar-refractivity contribution < 1.29 is 4.74 Å². The van der Waals surface area contributed by atoms with Crippen LogP contribution < -0.4 is 0 Å². The first-order valence-electron chi connectivity index (χ1n) is 11.3. The molecule has 4 nitrogen and oxygen atoms in total. The van der Waals surface area contributed by atoms with E-state index in [1.807, 2.05) is 6.20 Å². The van der Waals surface area contributed by atoms with Crippen molar-refractivity contribution >= 4 is 10.9 Å². The maximum atomic E-state index is 10.5.